The summed E-state index contributed by atoms with van der Waals surface area (Å²) in [6, 6.07) is 5.50. The SMILES string of the molecule is O=C(C1CNCCO1)N1CCN(S(=O)(=O)c2ccc3c(c2)CCC3)CC1. The van der Waals surface area contributed by atoms with E-state index in [4.69, 9.17) is 4.74 Å². The van der Waals surface area contributed by atoms with Crippen molar-refractivity contribution in [1.29, 1.82) is 0 Å². The molecule has 3 aliphatic rings. The molecule has 1 aromatic rings. The van der Waals surface area contributed by atoms with Crippen LogP contribution in [0.1, 0.15) is 17.5 Å². The molecule has 2 heterocycles. The van der Waals surface area contributed by atoms with Gasteiger partial charge in [0.05, 0.1) is 11.5 Å². The summed E-state index contributed by atoms with van der Waals surface area (Å²) < 4.78 is 32.9. The van der Waals surface area contributed by atoms with Crippen LogP contribution < -0.4 is 5.32 Å². The molecule has 1 aromatic carbocycles. The van der Waals surface area contributed by atoms with Gasteiger partial charge in [-0.15, -0.1) is 0 Å². The number of amides is 1. The van der Waals surface area contributed by atoms with Crippen molar-refractivity contribution in [2.75, 3.05) is 45.9 Å². The standard InChI is InChI=1S/C18H25N3O4S/c22-18(17-13-19-6-11-25-17)20-7-9-21(10-8-20)26(23,24)16-5-4-14-2-1-3-15(14)12-16/h4-5,12,17,19H,1-3,6-11,13H2. The smallest absolute Gasteiger partial charge is 0.253 e. The molecule has 1 aliphatic carbocycles. The molecule has 2 saturated heterocycles. The lowest BCUT2D eigenvalue weighted by Crippen LogP contribution is -2.55. The Kier molecular flexibility index (Phi) is 5.00. The summed E-state index contributed by atoms with van der Waals surface area (Å²) in [6.45, 7) is 3.27. The fourth-order valence-corrected chi connectivity index (χ4v) is 5.41. The number of nitrogens with one attached hydrogen (secondary N) is 1. The van der Waals surface area contributed by atoms with Crippen molar-refractivity contribution in [1.82, 2.24) is 14.5 Å². The maximum Gasteiger partial charge on any atom is 0.253 e. The minimum atomic E-state index is -3.51. The molecule has 4 rings (SSSR count). The Morgan fingerprint density at radius 1 is 1.12 bits per heavy atom. The lowest BCUT2D eigenvalue weighted by Gasteiger charge is -2.36. The Hall–Kier alpha value is -1.48. The second-order valence-electron chi connectivity index (χ2n) is 7.08. The third kappa shape index (κ3) is 3.38. The Bertz CT molecular complexity index is 782. The maximum absolute atomic E-state index is 13.0. The van der Waals surface area contributed by atoms with E-state index in [0.29, 0.717) is 44.2 Å². The van der Waals surface area contributed by atoms with Crippen LogP contribution in [0, 0.1) is 0 Å². The quantitative estimate of drug-likeness (QED) is 0.800. The number of hydrogen-bond donors (Lipinski definition) is 1. The van der Waals surface area contributed by atoms with Gasteiger partial charge < -0.3 is 15.0 Å². The molecule has 142 valence electrons. The van der Waals surface area contributed by atoms with Crippen LogP contribution in [0.5, 0.6) is 0 Å². The van der Waals surface area contributed by atoms with Crippen molar-refractivity contribution < 1.29 is 17.9 Å². The fourth-order valence-electron chi connectivity index (χ4n) is 3.93. The zero-order valence-corrected chi connectivity index (χ0v) is 15.6. The lowest BCUT2D eigenvalue weighted by molar-refractivity contribution is -0.146. The highest BCUT2D eigenvalue weighted by molar-refractivity contribution is 7.89. The molecule has 0 aromatic heterocycles. The van der Waals surface area contributed by atoms with Gasteiger partial charge in [-0.2, -0.15) is 4.31 Å². The molecule has 1 atom stereocenters. The lowest BCUT2D eigenvalue weighted by atomic mass is 10.1. The van der Waals surface area contributed by atoms with Crippen LogP contribution in [0.4, 0.5) is 0 Å². The molecule has 1 unspecified atom stereocenters. The number of hydrogen-bond acceptors (Lipinski definition) is 5. The first-order valence-corrected chi connectivity index (χ1v) is 10.7. The van der Waals surface area contributed by atoms with Crippen molar-refractivity contribution in [2.24, 2.45) is 0 Å². The monoisotopic (exact) mass is 379 g/mol. The van der Waals surface area contributed by atoms with Gasteiger partial charge in [0.15, 0.2) is 0 Å². The number of rotatable bonds is 3. The van der Waals surface area contributed by atoms with Gasteiger partial charge in [-0.25, -0.2) is 8.42 Å². The summed E-state index contributed by atoms with van der Waals surface area (Å²) in [7, 11) is -3.51. The van der Waals surface area contributed by atoms with Gasteiger partial charge in [-0.3, -0.25) is 4.79 Å². The van der Waals surface area contributed by atoms with Crippen molar-refractivity contribution in [3.8, 4) is 0 Å². The van der Waals surface area contributed by atoms with E-state index in [9.17, 15) is 13.2 Å². The summed E-state index contributed by atoms with van der Waals surface area (Å²) in [4.78, 5) is 14.6. The van der Waals surface area contributed by atoms with Crippen molar-refractivity contribution >= 4 is 15.9 Å². The summed E-state index contributed by atoms with van der Waals surface area (Å²) in [5.74, 6) is -0.0493. The van der Waals surface area contributed by atoms with Crippen molar-refractivity contribution in [2.45, 2.75) is 30.3 Å². The number of benzene rings is 1. The highest BCUT2D eigenvalue weighted by atomic mass is 32.2. The summed E-state index contributed by atoms with van der Waals surface area (Å²) in [5, 5.41) is 3.15. The number of piperazine rings is 1. The average molecular weight is 379 g/mol. The fraction of sp³-hybridized carbons (Fsp3) is 0.611. The number of ether oxygens (including phenoxy) is 1. The van der Waals surface area contributed by atoms with Crippen molar-refractivity contribution in [3.05, 3.63) is 29.3 Å². The molecule has 1 amide bonds. The van der Waals surface area contributed by atoms with E-state index in [2.05, 4.69) is 5.32 Å². The number of fused-ring (bicyclic) bond motifs is 1. The van der Waals surface area contributed by atoms with Crippen LogP contribution in [-0.4, -0.2) is 75.5 Å². The van der Waals surface area contributed by atoms with Crippen LogP contribution in [0.2, 0.25) is 0 Å². The normalized spacial score (nSPS) is 24.5. The molecule has 0 spiro atoms. The first-order valence-electron chi connectivity index (χ1n) is 9.29. The molecule has 7 nitrogen and oxygen atoms in total. The van der Waals surface area contributed by atoms with Gasteiger partial charge in [0.25, 0.3) is 5.91 Å². The number of carbonyl (C=O) groups is 1. The van der Waals surface area contributed by atoms with Crippen LogP contribution in [-0.2, 0) is 32.4 Å². The van der Waals surface area contributed by atoms with E-state index in [1.165, 1.54) is 9.87 Å². The Morgan fingerprint density at radius 3 is 2.62 bits per heavy atom. The Balaban J connectivity index is 1.41. The number of sulfonamides is 1. The molecule has 0 bridgehead atoms. The third-order valence-corrected chi connectivity index (χ3v) is 7.36. The molecule has 2 fully saturated rings. The van der Waals surface area contributed by atoms with E-state index in [1.807, 2.05) is 12.1 Å². The van der Waals surface area contributed by atoms with E-state index in [-0.39, 0.29) is 5.91 Å². The highest BCUT2D eigenvalue weighted by Crippen LogP contribution is 2.26. The number of aryl methyl sites for hydroxylation is 2. The molecule has 26 heavy (non-hydrogen) atoms. The number of nitrogens with zero attached hydrogens (tertiary/aromatic N) is 2. The topological polar surface area (TPSA) is 79.0 Å². The van der Waals surface area contributed by atoms with Crippen LogP contribution >= 0.6 is 0 Å². The zero-order chi connectivity index (χ0) is 18.1. The first kappa shape index (κ1) is 17.9. The minimum Gasteiger partial charge on any atom is -0.366 e. The molecule has 8 heteroatoms. The summed E-state index contributed by atoms with van der Waals surface area (Å²) in [5.41, 5.74) is 2.42. The molecule has 2 aliphatic heterocycles. The van der Waals surface area contributed by atoms with Gasteiger partial charge in [0, 0.05) is 39.3 Å². The van der Waals surface area contributed by atoms with E-state index in [1.54, 1.807) is 11.0 Å². The van der Waals surface area contributed by atoms with Gasteiger partial charge in [-0.1, -0.05) is 6.07 Å². The summed E-state index contributed by atoms with van der Waals surface area (Å²) >= 11 is 0. The minimum absolute atomic E-state index is 0.0493. The molecule has 0 radical (unpaired) electrons. The number of morpholine rings is 1. The van der Waals surface area contributed by atoms with Gasteiger partial charge in [-0.05, 0) is 42.5 Å². The maximum atomic E-state index is 13.0. The Labute approximate surface area is 154 Å². The average Bonchev–Trinajstić information content (AvgIpc) is 3.16. The van der Waals surface area contributed by atoms with E-state index < -0.39 is 16.1 Å². The molecule has 1 N–H and O–H groups in total. The zero-order valence-electron chi connectivity index (χ0n) is 14.8. The highest BCUT2D eigenvalue weighted by Gasteiger charge is 2.33. The van der Waals surface area contributed by atoms with Gasteiger partial charge >= 0.3 is 0 Å². The molecular formula is C18H25N3O4S. The van der Waals surface area contributed by atoms with Crippen LogP contribution in [0.3, 0.4) is 0 Å². The Morgan fingerprint density at radius 2 is 1.88 bits per heavy atom. The predicted octanol–water partition coefficient (Wildman–Crippen LogP) is -0.00340. The largest absolute Gasteiger partial charge is 0.366 e. The molecular weight excluding hydrogens is 354 g/mol. The van der Waals surface area contributed by atoms with E-state index in [0.717, 1.165) is 31.4 Å². The first-order chi connectivity index (χ1) is 12.6. The molecule has 0 saturated carbocycles. The van der Waals surface area contributed by atoms with Crippen molar-refractivity contribution in [3.63, 3.8) is 0 Å². The van der Waals surface area contributed by atoms with Crippen LogP contribution in [0.25, 0.3) is 0 Å². The second-order valence-corrected chi connectivity index (χ2v) is 9.01. The number of carbonyl (C=O) groups excluding carboxylic acids is 1. The predicted molar refractivity (Wildman–Crippen MR) is 96.4 cm³/mol. The third-order valence-electron chi connectivity index (χ3n) is 5.46. The van der Waals surface area contributed by atoms with Gasteiger partial charge in [0.1, 0.15) is 6.10 Å². The van der Waals surface area contributed by atoms with E-state index >= 15 is 0 Å². The van der Waals surface area contributed by atoms with Crippen LogP contribution in [0.15, 0.2) is 23.1 Å². The van der Waals surface area contributed by atoms with Gasteiger partial charge in [0.2, 0.25) is 10.0 Å². The second kappa shape index (κ2) is 7.26. The summed E-state index contributed by atoms with van der Waals surface area (Å²) in [6.07, 6.45) is 2.63.